The smallest absolute Gasteiger partial charge is 0.0624 e. The van der Waals surface area contributed by atoms with Crippen LogP contribution >= 0.6 is 0 Å². The molecular weight excluding hydrogens is 170 g/mol. The van der Waals surface area contributed by atoms with E-state index in [1.54, 1.807) is 0 Å². The monoisotopic (exact) mass is 191 g/mol. The zero-order valence-electron chi connectivity index (χ0n) is 9.21. The van der Waals surface area contributed by atoms with Gasteiger partial charge in [0.2, 0.25) is 0 Å². The van der Waals surface area contributed by atoms with E-state index in [4.69, 9.17) is 5.26 Å². The van der Waals surface area contributed by atoms with E-state index in [0.29, 0.717) is 6.42 Å². The Balaban J connectivity index is 3.18. The third-order valence-corrected chi connectivity index (χ3v) is 2.00. The van der Waals surface area contributed by atoms with Crippen molar-refractivity contribution in [2.75, 3.05) is 0 Å². The lowest BCUT2D eigenvalue weighted by atomic mass is 10.2. The number of unbranched alkanes of at least 4 members (excludes halogenated alkanes) is 4. The highest BCUT2D eigenvalue weighted by Gasteiger charge is 1.80. The Labute approximate surface area is 88.1 Å². The first-order valence-corrected chi connectivity index (χ1v) is 5.58. The summed E-state index contributed by atoms with van der Waals surface area (Å²) in [5.74, 6) is 0. The van der Waals surface area contributed by atoms with Crippen molar-refractivity contribution >= 4 is 0 Å². The van der Waals surface area contributed by atoms with Crippen LogP contribution in [0.3, 0.4) is 0 Å². The Morgan fingerprint density at radius 2 is 1.71 bits per heavy atom. The number of nitrogens with zero attached hydrogens (tertiary/aromatic N) is 1. The molecule has 0 fully saturated rings. The van der Waals surface area contributed by atoms with Gasteiger partial charge < -0.3 is 0 Å². The second kappa shape index (κ2) is 12.0. The molecule has 0 aromatic carbocycles. The minimum atomic E-state index is 0.636. The molecule has 0 aromatic rings. The predicted molar refractivity (Wildman–Crippen MR) is 61.9 cm³/mol. The largest absolute Gasteiger partial charge is 0.198 e. The molecule has 0 aliphatic rings. The molecule has 0 aliphatic heterocycles. The maximum absolute atomic E-state index is 8.29. The molecule has 0 saturated heterocycles. The molecule has 1 heteroatoms. The third kappa shape index (κ3) is 11.0. The first kappa shape index (κ1) is 13.0. The van der Waals surface area contributed by atoms with Gasteiger partial charge in [-0.2, -0.15) is 5.26 Å². The molecule has 0 amide bonds. The van der Waals surface area contributed by atoms with E-state index in [1.165, 1.54) is 25.7 Å². The van der Waals surface area contributed by atoms with Gasteiger partial charge in [-0.15, -0.1) is 0 Å². The second-order valence-corrected chi connectivity index (χ2v) is 3.37. The minimum absolute atomic E-state index is 0.636. The van der Waals surface area contributed by atoms with Gasteiger partial charge in [0.25, 0.3) is 0 Å². The molecule has 78 valence electrons. The summed E-state index contributed by atoms with van der Waals surface area (Å²) in [5.41, 5.74) is 0. The molecule has 0 atom stereocenters. The number of rotatable bonds is 8. The zero-order valence-corrected chi connectivity index (χ0v) is 9.21. The summed E-state index contributed by atoms with van der Waals surface area (Å²) >= 11 is 0. The molecule has 0 aliphatic carbocycles. The van der Waals surface area contributed by atoms with Gasteiger partial charge in [0.15, 0.2) is 0 Å². The number of hydrogen-bond donors (Lipinski definition) is 0. The topological polar surface area (TPSA) is 23.8 Å². The highest BCUT2D eigenvalue weighted by atomic mass is 14.2. The summed E-state index contributed by atoms with van der Waals surface area (Å²) in [5, 5.41) is 8.29. The van der Waals surface area contributed by atoms with E-state index in [9.17, 15) is 0 Å². The quantitative estimate of drug-likeness (QED) is 0.413. The predicted octanol–water partition coefficient (Wildman–Crippen LogP) is 4.37. The van der Waals surface area contributed by atoms with Gasteiger partial charge >= 0.3 is 0 Å². The summed E-state index contributed by atoms with van der Waals surface area (Å²) in [6.45, 7) is 2.22. The second-order valence-electron chi connectivity index (χ2n) is 3.37. The van der Waals surface area contributed by atoms with E-state index >= 15 is 0 Å². The van der Waals surface area contributed by atoms with Crippen molar-refractivity contribution in [3.05, 3.63) is 24.3 Å². The molecule has 0 unspecified atom stereocenters. The molecule has 0 rings (SSSR count). The van der Waals surface area contributed by atoms with Crippen molar-refractivity contribution < 1.29 is 0 Å². The van der Waals surface area contributed by atoms with Crippen LogP contribution in [0.5, 0.6) is 0 Å². The van der Waals surface area contributed by atoms with Crippen molar-refractivity contribution in [2.24, 2.45) is 0 Å². The first-order chi connectivity index (χ1) is 6.91. The van der Waals surface area contributed by atoms with Gasteiger partial charge in [-0.25, -0.2) is 0 Å². The zero-order chi connectivity index (χ0) is 10.5. The maximum Gasteiger partial charge on any atom is 0.0624 e. The highest BCUT2D eigenvalue weighted by Crippen LogP contribution is 2.00. The molecular formula is C13H21N. The van der Waals surface area contributed by atoms with Gasteiger partial charge in [-0.05, 0) is 25.7 Å². The summed E-state index contributed by atoms with van der Waals surface area (Å²) in [4.78, 5) is 0. The first-order valence-electron chi connectivity index (χ1n) is 5.58. The summed E-state index contributed by atoms with van der Waals surface area (Å²) in [6.07, 6.45) is 16.4. The molecule has 0 aromatic heterocycles. The van der Waals surface area contributed by atoms with Crippen LogP contribution in [0, 0.1) is 11.3 Å². The Kier molecular flexibility index (Phi) is 11.1. The number of allylic oxidation sites excluding steroid dienone is 4. The van der Waals surface area contributed by atoms with Gasteiger partial charge in [0.1, 0.15) is 0 Å². The van der Waals surface area contributed by atoms with E-state index in [-0.39, 0.29) is 0 Å². The van der Waals surface area contributed by atoms with Crippen molar-refractivity contribution in [1.82, 2.24) is 0 Å². The molecule has 1 nitrogen and oxygen atoms in total. The summed E-state index contributed by atoms with van der Waals surface area (Å²) in [7, 11) is 0. The lowest BCUT2D eigenvalue weighted by molar-refractivity contribution is 0.728. The average molecular weight is 191 g/mol. The van der Waals surface area contributed by atoms with E-state index in [2.05, 4.69) is 37.3 Å². The van der Waals surface area contributed by atoms with Crippen molar-refractivity contribution in [1.29, 1.82) is 5.26 Å². The van der Waals surface area contributed by atoms with Crippen LogP contribution < -0.4 is 0 Å². The SMILES string of the molecule is CCCCC/C=C/CC=CCCC#N. The standard InChI is InChI=1S/C13H21N/c1-2-3-4-5-6-7-8-9-10-11-12-13-14/h6-7,9-10H,2-5,8,11-12H2,1H3/b7-6+,10-9?. The fourth-order valence-corrected chi connectivity index (χ4v) is 1.17. The Morgan fingerprint density at radius 3 is 2.36 bits per heavy atom. The van der Waals surface area contributed by atoms with Gasteiger partial charge in [0.05, 0.1) is 6.07 Å². The molecule has 0 heterocycles. The molecule has 0 saturated carbocycles. The summed E-state index contributed by atoms with van der Waals surface area (Å²) in [6, 6.07) is 2.12. The average Bonchev–Trinajstić information content (AvgIpc) is 2.21. The summed E-state index contributed by atoms with van der Waals surface area (Å²) < 4.78 is 0. The van der Waals surface area contributed by atoms with Crippen molar-refractivity contribution in [3.63, 3.8) is 0 Å². The van der Waals surface area contributed by atoms with E-state index in [1.807, 2.05) is 0 Å². The highest BCUT2D eigenvalue weighted by molar-refractivity contribution is 4.93. The Morgan fingerprint density at radius 1 is 1.00 bits per heavy atom. The molecule has 0 bridgehead atoms. The molecule has 14 heavy (non-hydrogen) atoms. The van der Waals surface area contributed by atoms with Crippen LogP contribution in [0.2, 0.25) is 0 Å². The van der Waals surface area contributed by atoms with Crippen LogP contribution in [0.1, 0.15) is 51.9 Å². The number of nitriles is 1. The maximum atomic E-state index is 8.29. The van der Waals surface area contributed by atoms with Crippen LogP contribution in [0.15, 0.2) is 24.3 Å². The van der Waals surface area contributed by atoms with E-state index < -0.39 is 0 Å². The Bertz CT molecular complexity index is 196. The minimum Gasteiger partial charge on any atom is -0.198 e. The third-order valence-electron chi connectivity index (χ3n) is 2.00. The number of hydrogen-bond acceptors (Lipinski definition) is 1. The fourth-order valence-electron chi connectivity index (χ4n) is 1.17. The van der Waals surface area contributed by atoms with Crippen LogP contribution in [0.4, 0.5) is 0 Å². The molecule has 0 spiro atoms. The van der Waals surface area contributed by atoms with Crippen LogP contribution in [-0.2, 0) is 0 Å². The van der Waals surface area contributed by atoms with Crippen LogP contribution in [0.25, 0.3) is 0 Å². The normalized spacial score (nSPS) is 11.1. The van der Waals surface area contributed by atoms with E-state index in [0.717, 1.165) is 12.8 Å². The molecule has 0 radical (unpaired) electrons. The van der Waals surface area contributed by atoms with Crippen molar-refractivity contribution in [3.8, 4) is 6.07 Å². The van der Waals surface area contributed by atoms with Crippen LogP contribution in [-0.4, -0.2) is 0 Å². The lowest BCUT2D eigenvalue weighted by Crippen LogP contribution is -1.70. The van der Waals surface area contributed by atoms with Gasteiger partial charge in [-0.3, -0.25) is 0 Å². The van der Waals surface area contributed by atoms with Gasteiger partial charge in [-0.1, -0.05) is 44.1 Å². The Hall–Kier alpha value is -1.03. The fraction of sp³-hybridized carbons (Fsp3) is 0.615. The lowest BCUT2D eigenvalue weighted by Gasteiger charge is -1.90. The van der Waals surface area contributed by atoms with Crippen molar-refractivity contribution in [2.45, 2.75) is 51.9 Å². The molecule has 0 N–H and O–H groups in total. The van der Waals surface area contributed by atoms with Gasteiger partial charge in [0, 0.05) is 6.42 Å².